The number of benzene rings is 1. The summed E-state index contributed by atoms with van der Waals surface area (Å²) in [6.07, 6.45) is 0. The largest absolute Gasteiger partial charge is 0.460 e. The zero-order valence-corrected chi connectivity index (χ0v) is 12.9. The number of para-hydroxylation sites is 1. The van der Waals surface area contributed by atoms with Gasteiger partial charge in [0.2, 0.25) is 5.76 Å². The second-order valence-corrected chi connectivity index (χ2v) is 6.18. The van der Waals surface area contributed by atoms with E-state index in [1.165, 1.54) is 23.1 Å². The van der Waals surface area contributed by atoms with Crippen LogP contribution < -0.4 is 0 Å². The van der Waals surface area contributed by atoms with Crippen LogP contribution in [0.3, 0.4) is 0 Å². The monoisotopic (exact) mass is 320 g/mol. The maximum absolute atomic E-state index is 12.0. The Hall–Kier alpha value is -1.86. The van der Waals surface area contributed by atoms with Crippen LogP contribution in [0.25, 0.3) is 11.0 Å². The standard InChI is InChI=1S/C14H12N2O3S2/c1-2-18-13(17)12-10(7-20-14-16-15-8-21-14)9-5-3-4-6-11(9)19-12/h3-6,8H,2,7H2,1H3. The zero-order valence-electron chi connectivity index (χ0n) is 11.2. The Morgan fingerprint density at radius 2 is 2.29 bits per heavy atom. The summed E-state index contributed by atoms with van der Waals surface area (Å²) in [6, 6.07) is 7.59. The molecule has 0 fully saturated rings. The summed E-state index contributed by atoms with van der Waals surface area (Å²) in [6.45, 7) is 2.09. The van der Waals surface area contributed by atoms with E-state index in [1.54, 1.807) is 12.4 Å². The first-order valence-electron chi connectivity index (χ1n) is 6.36. The minimum atomic E-state index is -0.429. The first-order valence-corrected chi connectivity index (χ1v) is 8.22. The Bertz CT molecular complexity index is 753. The fraction of sp³-hybridized carbons (Fsp3) is 0.214. The van der Waals surface area contributed by atoms with Crippen LogP contribution in [0.2, 0.25) is 0 Å². The van der Waals surface area contributed by atoms with Crippen molar-refractivity contribution in [3.8, 4) is 0 Å². The molecule has 1 aromatic carbocycles. The number of ether oxygens (including phenoxy) is 1. The first-order chi connectivity index (χ1) is 10.3. The lowest BCUT2D eigenvalue weighted by Gasteiger charge is -2.01. The van der Waals surface area contributed by atoms with Gasteiger partial charge in [-0.25, -0.2) is 4.79 Å². The highest BCUT2D eigenvalue weighted by Crippen LogP contribution is 2.32. The van der Waals surface area contributed by atoms with Gasteiger partial charge in [0.25, 0.3) is 0 Å². The molecule has 2 aromatic heterocycles. The number of furan rings is 1. The zero-order chi connectivity index (χ0) is 14.7. The third-order valence-corrected chi connectivity index (χ3v) is 4.73. The molecule has 7 heteroatoms. The summed E-state index contributed by atoms with van der Waals surface area (Å²) in [5.41, 5.74) is 3.21. The van der Waals surface area contributed by atoms with E-state index in [4.69, 9.17) is 9.15 Å². The van der Waals surface area contributed by atoms with Crippen LogP contribution in [-0.4, -0.2) is 22.8 Å². The number of hydrogen-bond acceptors (Lipinski definition) is 7. The second-order valence-electron chi connectivity index (χ2n) is 4.12. The molecular formula is C14H12N2O3S2. The minimum absolute atomic E-state index is 0.273. The van der Waals surface area contributed by atoms with Gasteiger partial charge < -0.3 is 9.15 Å². The third-order valence-electron chi connectivity index (χ3n) is 2.84. The lowest BCUT2D eigenvalue weighted by Crippen LogP contribution is -2.05. The highest BCUT2D eigenvalue weighted by molar-refractivity contribution is 8.00. The fourth-order valence-corrected chi connectivity index (χ4v) is 3.48. The maximum atomic E-state index is 12.0. The number of hydrogen-bond donors (Lipinski definition) is 0. The molecule has 0 amide bonds. The van der Waals surface area contributed by atoms with Crippen molar-refractivity contribution in [2.75, 3.05) is 6.61 Å². The normalized spacial score (nSPS) is 10.9. The SMILES string of the molecule is CCOC(=O)c1oc2ccccc2c1CSc1nncs1. The quantitative estimate of drug-likeness (QED) is 0.527. The number of carbonyl (C=O) groups excluding carboxylic acids is 1. The third kappa shape index (κ3) is 2.93. The number of nitrogens with zero attached hydrogens (tertiary/aromatic N) is 2. The van der Waals surface area contributed by atoms with E-state index in [0.29, 0.717) is 17.9 Å². The molecule has 3 rings (SSSR count). The van der Waals surface area contributed by atoms with Gasteiger partial charge in [-0.2, -0.15) is 0 Å². The Balaban J connectivity index is 1.96. The number of fused-ring (bicyclic) bond motifs is 1. The highest BCUT2D eigenvalue weighted by Gasteiger charge is 2.21. The number of carbonyl (C=O) groups is 1. The van der Waals surface area contributed by atoms with Crippen LogP contribution in [0.1, 0.15) is 23.0 Å². The van der Waals surface area contributed by atoms with E-state index in [1.807, 2.05) is 24.3 Å². The van der Waals surface area contributed by atoms with Crippen molar-refractivity contribution in [2.24, 2.45) is 0 Å². The summed E-state index contributed by atoms with van der Waals surface area (Å²) >= 11 is 3.00. The molecule has 5 nitrogen and oxygen atoms in total. The van der Waals surface area contributed by atoms with Gasteiger partial charge in [-0.1, -0.05) is 41.3 Å². The second kappa shape index (κ2) is 6.28. The number of aromatic nitrogens is 2. The number of thioether (sulfide) groups is 1. The van der Waals surface area contributed by atoms with Crippen LogP contribution in [-0.2, 0) is 10.5 Å². The van der Waals surface area contributed by atoms with E-state index >= 15 is 0 Å². The van der Waals surface area contributed by atoms with Crippen LogP contribution in [0.5, 0.6) is 0 Å². The summed E-state index contributed by atoms with van der Waals surface area (Å²) in [5, 5.41) is 8.72. The molecule has 0 bridgehead atoms. The molecule has 0 saturated carbocycles. The molecule has 0 aliphatic rings. The van der Waals surface area contributed by atoms with E-state index in [0.717, 1.165) is 15.3 Å². The molecule has 21 heavy (non-hydrogen) atoms. The van der Waals surface area contributed by atoms with Crippen LogP contribution in [0.4, 0.5) is 0 Å². The summed E-state index contributed by atoms with van der Waals surface area (Å²) in [4.78, 5) is 12.0. The molecule has 0 aliphatic carbocycles. The van der Waals surface area contributed by atoms with E-state index in [9.17, 15) is 4.79 Å². The molecule has 0 spiro atoms. The van der Waals surface area contributed by atoms with Crippen molar-refractivity contribution in [3.05, 3.63) is 41.1 Å². The molecule has 0 saturated heterocycles. The summed E-state index contributed by atoms with van der Waals surface area (Å²) < 4.78 is 11.6. The van der Waals surface area contributed by atoms with Gasteiger partial charge in [0.15, 0.2) is 4.34 Å². The van der Waals surface area contributed by atoms with E-state index < -0.39 is 5.97 Å². The molecule has 0 atom stereocenters. The molecule has 3 aromatic rings. The average Bonchev–Trinajstić information content (AvgIpc) is 3.12. The first kappa shape index (κ1) is 14.1. The lowest BCUT2D eigenvalue weighted by molar-refractivity contribution is 0.0491. The van der Waals surface area contributed by atoms with Crippen LogP contribution >= 0.6 is 23.1 Å². The van der Waals surface area contributed by atoms with Crippen LogP contribution in [0, 0.1) is 0 Å². The van der Waals surface area contributed by atoms with Crippen LogP contribution in [0.15, 0.2) is 38.5 Å². The topological polar surface area (TPSA) is 65.2 Å². The Morgan fingerprint density at radius 3 is 3.05 bits per heavy atom. The molecule has 0 radical (unpaired) electrons. The predicted octanol–water partition coefficient (Wildman–Crippen LogP) is 3.75. The lowest BCUT2D eigenvalue weighted by atomic mass is 10.1. The van der Waals surface area contributed by atoms with Crippen molar-refractivity contribution in [1.29, 1.82) is 0 Å². The van der Waals surface area contributed by atoms with Gasteiger partial charge in [0, 0.05) is 16.7 Å². The Morgan fingerprint density at radius 1 is 1.43 bits per heavy atom. The van der Waals surface area contributed by atoms with Gasteiger partial charge in [-0.3, -0.25) is 0 Å². The molecule has 0 unspecified atom stereocenters. The Labute approximate surface area is 129 Å². The number of esters is 1. The van der Waals surface area contributed by atoms with Crippen molar-refractivity contribution in [1.82, 2.24) is 10.2 Å². The Kier molecular flexibility index (Phi) is 4.21. The minimum Gasteiger partial charge on any atom is -0.460 e. The average molecular weight is 320 g/mol. The number of rotatable bonds is 5. The molecule has 0 aliphatic heterocycles. The molecular weight excluding hydrogens is 308 g/mol. The van der Waals surface area contributed by atoms with Gasteiger partial charge in [-0.15, -0.1) is 10.2 Å². The van der Waals surface area contributed by atoms with Gasteiger partial charge in [0.05, 0.1) is 6.61 Å². The van der Waals surface area contributed by atoms with E-state index in [-0.39, 0.29) is 5.76 Å². The van der Waals surface area contributed by atoms with Crippen molar-refractivity contribution < 1.29 is 13.9 Å². The summed E-state index contributed by atoms with van der Waals surface area (Å²) in [5.74, 6) is 0.428. The fourth-order valence-electron chi connectivity index (χ4n) is 1.96. The van der Waals surface area contributed by atoms with Crippen molar-refractivity contribution in [2.45, 2.75) is 17.0 Å². The molecule has 108 valence electrons. The molecule has 0 N–H and O–H groups in total. The summed E-state index contributed by atoms with van der Waals surface area (Å²) in [7, 11) is 0. The van der Waals surface area contributed by atoms with Crippen molar-refractivity contribution in [3.63, 3.8) is 0 Å². The van der Waals surface area contributed by atoms with Gasteiger partial charge in [0.1, 0.15) is 11.1 Å². The smallest absolute Gasteiger partial charge is 0.374 e. The maximum Gasteiger partial charge on any atom is 0.374 e. The van der Waals surface area contributed by atoms with E-state index in [2.05, 4.69) is 10.2 Å². The molecule has 2 heterocycles. The predicted molar refractivity (Wildman–Crippen MR) is 81.6 cm³/mol. The van der Waals surface area contributed by atoms with Gasteiger partial charge in [-0.05, 0) is 13.0 Å². The van der Waals surface area contributed by atoms with Crippen molar-refractivity contribution >= 4 is 40.0 Å². The van der Waals surface area contributed by atoms with Gasteiger partial charge >= 0.3 is 5.97 Å². The highest BCUT2D eigenvalue weighted by atomic mass is 32.2.